The number of nitro groups is 1. The maximum absolute atomic E-state index is 11.0. The summed E-state index contributed by atoms with van der Waals surface area (Å²) in [6, 6.07) is 3.97. The highest BCUT2D eigenvalue weighted by atomic mass is 33.1. The number of amides is 1. The van der Waals surface area contributed by atoms with Gasteiger partial charge in [-0.1, -0.05) is 28.5 Å². The molecule has 1 amide bonds. The van der Waals surface area contributed by atoms with Crippen molar-refractivity contribution < 1.29 is 19.6 Å². The van der Waals surface area contributed by atoms with Crippen molar-refractivity contribution in [2.75, 3.05) is 12.3 Å². The van der Waals surface area contributed by atoms with Crippen molar-refractivity contribution >= 4 is 39.2 Å². The Kier molecular flexibility index (Phi) is 7.03. The molecular formula is C12H14N2O5S2. The van der Waals surface area contributed by atoms with Gasteiger partial charge in [0.25, 0.3) is 5.69 Å². The molecule has 0 atom stereocenters. The van der Waals surface area contributed by atoms with Gasteiger partial charge in [-0.2, -0.15) is 0 Å². The topological polar surface area (TPSA) is 110 Å². The second kappa shape index (κ2) is 8.53. The molecule has 1 aromatic rings. The van der Waals surface area contributed by atoms with E-state index >= 15 is 0 Å². The number of benzene rings is 1. The van der Waals surface area contributed by atoms with Gasteiger partial charge in [0.1, 0.15) is 5.56 Å². The summed E-state index contributed by atoms with van der Waals surface area (Å²) >= 11 is 0. The van der Waals surface area contributed by atoms with E-state index in [0.717, 1.165) is 0 Å². The zero-order chi connectivity index (χ0) is 15.8. The van der Waals surface area contributed by atoms with Crippen molar-refractivity contribution in [3.05, 3.63) is 33.9 Å². The summed E-state index contributed by atoms with van der Waals surface area (Å²) in [4.78, 5) is 32.6. The van der Waals surface area contributed by atoms with Gasteiger partial charge in [-0.05, 0) is 12.1 Å². The fourth-order valence-electron chi connectivity index (χ4n) is 1.36. The molecule has 0 aromatic heterocycles. The minimum atomic E-state index is -1.33. The zero-order valence-electron chi connectivity index (χ0n) is 11.2. The fourth-order valence-corrected chi connectivity index (χ4v) is 3.28. The minimum Gasteiger partial charge on any atom is -0.477 e. The maximum atomic E-state index is 11.0. The van der Waals surface area contributed by atoms with E-state index in [1.807, 2.05) is 0 Å². The van der Waals surface area contributed by atoms with Gasteiger partial charge in [-0.25, -0.2) is 4.79 Å². The van der Waals surface area contributed by atoms with Gasteiger partial charge in [0.2, 0.25) is 5.91 Å². The number of nitro benzene ring substituents is 1. The molecular weight excluding hydrogens is 316 g/mol. The van der Waals surface area contributed by atoms with Crippen molar-refractivity contribution in [3.8, 4) is 0 Å². The molecule has 0 spiro atoms. The average molecular weight is 330 g/mol. The van der Waals surface area contributed by atoms with Crippen LogP contribution < -0.4 is 5.32 Å². The lowest BCUT2D eigenvalue weighted by Crippen LogP contribution is -2.24. The summed E-state index contributed by atoms with van der Waals surface area (Å²) in [5.41, 5.74) is -0.753. The van der Waals surface area contributed by atoms with Crippen LogP contribution in [0, 0.1) is 10.1 Å². The van der Waals surface area contributed by atoms with Crippen LogP contribution in [0.4, 0.5) is 5.69 Å². The molecule has 0 saturated heterocycles. The van der Waals surface area contributed by atoms with Gasteiger partial charge >= 0.3 is 5.97 Å². The highest BCUT2D eigenvalue weighted by molar-refractivity contribution is 8.76. The van der Waals surface area contributed by atoms with E-state index < -0.39 is 16.6 Å². The minimum absolute atomic E-state index is 0.0240. The number of carbonyl (C=O) groups is 2. The normalized spacial score (nSPS) is 10.1. The lowest BCUT2D eigenvalue weighted by Gasteiger charge is -2.04. The van der Waals surface area contributed by atoms with Crippen LogP contribution in [0.15, 0.2) is 23.1 Å². The molecule has 0 aliphatic heterocycles. The summed E-state index contributed by atoms with van der Waals surface area (Å²) in [6.45, 7) is 2.28. The van der Waals surface area contributed by atoms with Crippen molar-refractivity contribution in [2.45, 2.75) is 18.2 Å². The molecule has 9 heteroatoms. The molecule has 114 valence electrons. The molecule has 1 rings (SSSR count). The number of nitrogens with one attached hydrogen (secondary N) is 1. The van der Waals surface area contributed by atoms with Crippen LogP contribution in [0.1, 0.15) is 23.7 Å². The Balaban J connectivity index is 2.57. The predicted molar refractivity (Wildman–Crippen MR) is 81.7 cm³/mol. The molecule has 0 aliphatic carbocycles. The number of carboxylic acid groups (broad SMARTS) is 1. The zero-order valence-corrected chi connectivity index (χ0v) is 12.8. The van der Waals surface area contributed by atoms with E-state index in [1.54, 1.807) is 6.92 Å². The van der Waals surface area contributed by atoms with Gasteiger partial charge in [-0.3, -0.25) is 14.9 Å². The Bertz CT molecular complexity index is 550. The standard InChI is InChI=1S/C12H14N2O5S2/c1-2-11(15)13-5-6-20-21-8-3-4-10(14(18)19)9(7-8)12(16)17/h3-4,7H,2,5-6H2,1H3,(H,13,15)(H,16,17). The monoisotopic (exact) mass is 330 g/mol. The molecule has 0 radical (unpaired) electrons. The largest absolute Gasteiger partial charge is 0.477 e. The second-order valence-electron chi connectivity index (χ2n) is 3.85. The summed E-state index contributed by atoms with van der Waals surface area (Å²) in [7, 11) is 2.74. The van der Waals surface area contributed by atoms with Crippen molar-refractivity contribution in [3.63, 3.8) is 0 Å². The number of carboxylic acids is 1. The summed E-state index contributed by atoms with van der Waals surface area (Å²) < 4.78 is 0. The summed E-state index contributed by atoms with van der Waals surface area (Å²) in [5.74, 6) is -0.705. The van der Waals surface area contributed by atoms with E-state index in [4.69, 9.17) is 5.11 Å². The molecule has 0 unspecified atom stereocenters. The van der Waals surface area contributed by atoms with Crippen LogP contribution in [0.5, 0.6) is 0 Å². The smallest absolute Gasteiger partial charge is 0.342 e. The van der Waals surface area contributed by atoms with Crippen molar-refractivity contribution in [2.24, 2.45) is 0 Å². The molecule has 0 heterocycles. The lowest BCUT2D eigenvalue weighted by atomic mass is 10.2. The van der Waals surface area contributed by atoms with E-state index in [0.29, 0.717) is 23.6 Å². The van der Waals surface area contributed by atoms with Gasteiger partial charge < -0.3 is 10.4 Å². The van der Waals surface area contributed by atoms with Gasteiger partial charge in [0.15, 0.2) is 0 Å². The molecule has 0 bridgehead atoms. The Hall–Kier alpha value is -1.74. The number of aromatic carboxylic acids is 1. The molecule has 7 nitrogen and oxygen atoms in total. The Morgan fingerprint density at radius 2 is 2.14 bits per heavy atom. The first-order valence-corrected chi connectivity index (χ1v) is 8.35. The third-order valence-corrected chi connectivity index (χ3v) is 4.74. The van der Waals surface area contributed by atoms with Crippen molar-refractivity contribution in [1.29, 1.82) is 0 Å². The molecule has 1 aromatic carbocycles. The van der Waals surface area contributed by atoms with Crippen LogP contribution in [-0.4, -0.2) is 34.2 Å². The molecule has 0 saturated carbocycles. The fraction of sp³-hybridized carbons (Fsp3) is 0.333. The highest BCUT2D eigenvalue weighted by Gasteiger charge is 2.20. The SMILES string of the molecule is CCC(=O)NCCSSc1ccc([N+](=O)[O-])c(C(=O)O)c1. The predicted octanol–water partition coefficient (Wildman–Crippen LogP) is 2.56. The summed E-state index contributed by atoms with van der Waals surface area (Å²) in [5, 5.41) is 22.4. The Morgan fingerprint density at radius 1 is 1.43 bits per heavy atom. The van der Waals surface area contributed by atoms with Crippen LogP contribution in [0.2, 0.25) is 0 Å². The summed E-state index contributed by atoms with van der Waals surface area (Å²) in [6.07, 6.45) is 0.433. The number of hydrogen-bond donors (Lipinski definition) is 2. The van der Waals surface area contributed by atoms with Crippen LogP contribution in [0.25, 0.3) is 0 Å². The number of hydrogen-bond acceptors (Lipinski definition) is 6. The lowest BCUT2D eigenvalue weighted by molar-refractivity contribution is -0.385. The van der Waals surface area contributed by atoms with Crippen molar-refractivity contribution in [1.82, 2.24) is 5.32 Å². The van der Waals surface area contributed by atoms with Gasteiger partial charge in [-0.15, -0.1) is 0 Å². The maximum Gasteiger partial charge on any atom is 0.342 e. The first-order valence-electron chi connectivity index (χ1n) is 6.03. The number of rotatable bonds is 8. The molecule has 21 heavy (non-hydrogen) atoms. The quantitative estimate of drug-likeness (QED) is 0.326. The Morgan fingerprint density at radius 3 is 2.71 bits per heavy atom. The van der Waals surface area contributed by atoms with Crippen LogP contribution in [0.3, 0.4) is 0 Å². The number of carbonyl (C=O) groups excluding carboxylic acids is 1. The van der Waals surface area contributed by atoms with Gasteiger partial charge in [0, 0.05) is 29.7 Å². The van der Waals surface area contributed by atoms with E-state index in [9.17, 15) is 19.7 Å². The highest BCUT2D eigenvalue weighted by Crippen LogP contribution is 2.33. The average Bonchev–Trinajstić information content (AvgIpc) is 2.46. The molecule has 0 aliphatic rings. The molecule has 2 N–H and O–H groups in total. The van der Waals surface area contributed by atoms with E-state index in [-0.39, 0.29) is 11.5 Å². The first kappa shape index (κ1) is 17.3. The third kappa shape index (κ3) is 5.64. The van der Waals surface area contributed by atoms with Crippen LogP contribution in [-0.2, 0) is 4.79 Å². The van der Waals surface area contributed by atoms with Gasteiger partial charge in [0.05, 0.1) is 4.92 Å². The van der Waals surface area contributed by atoms with Crippen LogP contribution >= 0.6 is 21.6 Å². The number of nitrogens with zero attached hydrogens (tertiary/aromatic N) is 1. The third-order valence-electron chi connectivity index (χ3n) is 2.38. The second-order valence-corrected chi connectivity index (χ2v) is 6.34. The molecule has 0 fully saturated rings. The first-order chi connectivity index (χ1) is 9.95. The Labute approximate surface area is 129 Å². The van der Waals surface area contributed by atoms with E-state index in [1.165, 1.54) is 39.8 Å². The van der Waals surface area contributed by atoms with E-state index in [2.05, 4.69) is 5.32 Å².